The molecular weight excluding hydrogens is 266 g/mol. The van der Waals surface area contributed by atoms with Crippen LogP contribution in [-0.4, -0.2) is 35.0 Å². The van der Waals surface area contributed by atoms with Gasteiger partial charge in [0.15, 0.2) is 0 Å². The lowest BCUT2D eigenvalue weighted by Crippen LogP contribution is -2.46. The SMILES string of the molecule is CCC1(C(=O)O)CCN(C(=O)Cc2cccc(C)c2)CC1. The number of piperidine rings is 1. The Balaban J connectivity index is 1.96. The normalized spacial score (nSPS) is 17.5. The standard InChI is InChI=1S/C17H23NO3/c1-3-17(16(20)21)7-9-18(10-8-17)15(19)12-14-6-4-5-13(2)11-14/h4-6,11H,3,7-10,12H2,1-2H3,(H,20,21). The molecular formula is C17H23NO3. The van der Waals surface area contributed by atoms with E-state index in [9.17, 15) is 14.7 Å². The van der Waals surface area contributed by atoms with Gasteiger partial charge < -0.3 is 10.0 Å². The van der Waals surface area contributed by atoms with E-state index in [1.165, 1.54) is 0 Å². The maximum absolute atomic E-state index is 12.3. The van der Waals surface area contributed by atoms with E-state index in [1.54, 1.807) is 4.90 Å². The molecule has 1 saturated heterocycles. The molecule has 1 N–H and O–H groups in total. The van der Waals surface area contributed by atoms with Gasteiger partial charge in [-0.2, -0.15) is 0 Å². The van der Waals surface area contributed by atoms with E-state index in [-0.39, 0.29) is 5.91 Å². The van der Waals surface area contributed by atoms with Gasteiger partial charge in [-0.3, -0.25) is 9.59 Å². The second-order valence-corrected chi connectivity index (χ2v) is 5.99. The highest BCUT2D eigenvalue weighted by Crippen LogP contribution is 2.35. The Bertz CT molecular complexity index is 531. The highest BCUT2D eigenvalue weighted by atomic mass is 16.4. The van der Waals surface area contributed by atoms with E-state index in [1.807, 2.05) is 38.1 Å². The number of hydrogen-bond donors (Lipinski definition) is 1. The summed E-state index contributed by atoms with van der Waals surface area (Å²) in [5, 5.41) is 9.38. The monoisotopic (exact) mass is 289 g/mol. The van der Waals surface area contributed by atoms with Gasteiger partial charge in [-0.25, -0.2) is 0 Å². The molecule has 0 aliphatic carbocycles. The summed E-state index contributed by atoms with van der Waals surface area (Å²) in [6, 6.07) is 7.95. The third-order valence-corrected chi connectivity index (χ3v) is 4.64. The lowest BCUT2D eigenvalue weighted by atomic mass is 9.76. The molecule has 4 heteroatoms. The van der Waals surface area contributed by atoms with E-state index in [2.05, 4.69) is 0 Å². The molecule has 0 saturated carbocycles. The number of carboxylic acids is 1. The first-order valence-electron chi connectivity index (χ1n) is 7.53. The van der Waals surface area contributed by atoms with Crippen molar-refractivity contribution >= 4 is 11.9 Å². The van der Waals surface area contributed by atoms with Gasteiger partial charge in [0.05, 0.1) is 11.8 Å². The Morgan fingerprint density at radius 2 is 1.95 bits per heavy atom. The fraction of sp³-hybridized carbons (Fsp3) is 0.529. The van der Waals surface area contributed by atoms with Crippen LogP contribution in [0.3, 0.4) is 0 Å². The van der Waals surface area contributed by atoms with Gasteiger partial charge in [-0.15, -0.1) is 0 Å². The van der Waals surface area contributed by atoms with Crippen LogP contribution in [0.25, 0.3) is 0 Å². The molecule has 0 atom stereocenters. The van der Waals surface area contributed by atoms with E-state index < -0.39 is 11.4 Å². The van der Waals surface area contributed by atoms with Crippen molar-refractivity contribution in [1.82, 2.24) is 4.90 Å². The van der Waals surface area contributed by atoms with E-state index in [0.717, 1.165) is 11.1 Å². The predicted molar refractivity (Wildman–Crippen MR) is 81.1 cm³/mol. The van der Waals surface area contributed by atoms with Crippen LogP contribution in [0.4, 0.5) is 0 Å². The summed E-state index contributed by atoms with van der Waals surface area (Å²) in [5.74, 6) is -0.633. The minimum atomic E-state index is -0.726. The number of carboxylic acid groups (broad SMARTS) is 1. The molecule has 0 aromatic heterocycles. The quantitative estimate of drug-likeness (QED) is 0.927. The molecule has 1 aromatic rings. The number of rotatable bonds is 4. The van der Waals surface area contributed by atoms with Crippen LogP contribution < -0.4 is 0 Å². The summed E-state index contributed by atoms with van der Waals surface area (Å²) in [5.41, 5.74) is 1.53. The predicted octanol–water partition coefficient (Wildman–Crippen LogP) is 2.64. The van der Waals surface area contributed by atoms with Gasteiger partial charge in [0.1, 0.15) is 0 Å². The number of amides is 1. The zero-order valence-electron chi connectivity index (χ0n) is 12.8. The number of benzene rings is 1. The van der Waals surface area contributed by atoms with Crippen molar-refractivity contribution in [3.05, 3.63) is 35.4 Å². The lowest BCUT2D eigenvalue weighted by molar-refractivity contribution is -0.154. The number of aryl methyl sites for hydroxylation is 1. The van der Waals surface area contributed by atoms with E-state index in [4.69, 9.17) is 0 Å². The fourth-order valence-corrected chi connectivity index (χ4v) is 3.01. The Hall–Kier alpha value is -1.84. The molecule has 21 heavy (non-hydrogen) atoms. The van der Waals surface area contributed by atoms with Gasteiger partial charge in [0.25, 0.3) is 0 Å². The fourth-order valence-electron chi connectivity index (χ4n) is 3.01. The zero-order chi connectivity index (χ0) is 15.5. The van der Waals surface area contributed by atoms with Crippen LogP contribution in [0.2, 0.25) is 0 Å². The topological polar surface area (TPSA) is 57.6 Å². The van der Waals surface area contributed by atoms with Crippen molar-refractivity contribution in [2.45, 2.75) is 39.5 Å². The van der Waals surface area contributed by atoms with Gasteiger partial charge in [-0.1, -0.05) is 36.8 Å². The molecule has 2 rings (SSSR count). The number of carbonyl (C=O) groups excluding carboxylic acids is 1. The Labute approximate surface area is 125 Å². The molecule has 1 aromatic carbocycles. The molecule has 1 fully saturated rings. The average Bonchev–Trinajstić information content (AvgIpc) is 2.47. The molecule has 1 aliphatic rings. The first-order valence-corrected chi connectivity index (χ1v) is 7.53. The van der Waals surface area contributed by atoms with Crippen molar-refractivity contribution in [2.75, 3.05) is 13.1 Å². The molecule has 1 aliphatic heterocycles. The highest BCUT2D eigenvalue weighted by molar-refractivity contribution is 5.80. The van der Waals surface area contributed by atoms with Crippen LogP contribution in [-0.2, 0) is 16.0 Å². The Morgan fingerprint density at radius 1 is 1.29 bits per heavy atom. The summed E-state index contributed by atoms with van der Waals surface area (Å²) in [4.78, 5) is 25.5. The van der Waals surface area contributed by atoms with Gasteiger partial charge >= 0.3 is 5.97 Å². The molecule has 1 heterocycles. The van der Waals surface area contributed by atoms with Crippen LogP contribution in [0.5, 0.6) is 0 Å². The third-order valence-electron chi connectivity index (χ3n) is 4.64. The summed E-state index contributed by atoms with van der Waals surface area (Å²) in [6.45, 7) is 5.02. The van der Waals surface area contributed by atoms with Crippen molar-refractivity contribution in [3.63, 3.8) is 0 Å². The molecule has 0 radical (unpaired) electrons. The molecule has 0 unspecified atom stereocenters. The number of aliphatic carboxylic acids is 1. The van der Waals surface area contributed by atoms with Crippen molar-refractivity contribution in [1.29, 1.82) is 0 Å². The van der Waals surface area contributed by atoms with Gasteiger partial charge in [0, 0.05) is 13.1 Å². The number of nitrogens with zero attached hydrogens (tertiary/aromatic N) is 1. The summed E-state index contributed by atoms with van der Waals surface area (Å²) < 4.78 is 0. The maximum atomic E-state index is 12.3. The number of likely N-dealkylation sites (tertiary alicyclic amines) is 1. The van der Waals surface area contributed by atoms with Crippen LogP contribution in [0.1, 0.15) is 37.3 Å². The first kappa shape index (κ1) is 15.5. The average molecular weight is 289 g/mol. The van der Waals surface area contributed by atoms with Gasteiger partial charge in [0.2, 0.25) is 5.91 Å². The number of carbonyl (C=O) groups is 2. The second-order valence-electron chi connectivity index (χ2n) is 5.99. The van der Waals surface area contributed by atoms with Crippen LogP contribution >= 0.6 is 0 Å². The minimum Gasteiger partial charge on any atom is -0.481 e. The summed E-state index contributed by atoms with van der Waals surface area (Å²) in [7, 11) is 0. The molecule has 114 valence electrons. The lowest BCUT2D eigenvalue weighted by Gasteiger charge is -2.38. The highest BCUT2D eigenvalue weighted by Gasteiger charge is 2.40. The minimum absolute atomic E-state index is 0.0932. The third kappa shape index (κ3) is 3.43. The molecule has 0 bridgehead atoms. The molecule has 1 amide bonds. The Kier molecular flexibility index (Phi) is 4.66. The Morgan fingerprint density at radius 3 is 2.48 bits per heavy atom. The van der Waals surface area contributed by atoms with E-state index in [0.29, 0.717) is 38.8 Å². The van der Waals surface area contributed by atoms with Crippen molar-refractivity contribution in [3.8, 4) is 0 Å². The van der Waals surface area contributed by atoms with Gasteiger partial charge in [-0.05, 0) is 31.7 Å². The smallest absolute Gasteiger partial charge is 0.309 e. The largest absolute Gasteiger partial charge is 0.481 e. The van der Waals surface area contributed by atoms with Crippen LogP contribution in [0.15, 0.2) is 24.3 Å². The van der Waals surface area contributed by atoms with Crippen molar-refractivity contribution in [2.24, 2.45) is 5.41 Å². The van der Waals surface area contributed by atoms with E-state index >= 15 is 0 Å². The number of hydrogen-bond acceptors (Lipinski definition) is 2. The van der Waals surface area contributed by atoms with Crippen LogP contribution in [0, 0.1) is 12.3 Å². The maximum Gasteiger partial charge on any atom is 0.309 e. The molecule has 4 nitrogen and oxygen atoms in total. The molecule has 0 spiro atoms. The van der Waals surface area contributed by atoms with Crippen molar-refractivity contribution < 1.29 is 14.7 Å². The zero-order valence-corrected chi connectivity index (χ0v) is 12.8. The summed E-state index contributed by atoms with van der Waals surface area (Å²) >= 11 is 0. The first-order chi connectivity index (χ1) is 9.97. The summed E-state index contributed by atoms with van der Waals surface area (Å²) in [6.07, 6.45) is 2.13. The second kappa shape index (κ2) is 6.29.